The lowest BCUT2D eigenvalue weighted by molar-refractivity contribution is 0.0934. The molecule has 0 aromatic carbocycles. The number of morpholine rings is 1. The maximum Gasteiger partial charge on any atom is 0.270 e. The number of carbonyl (C=O) groups is 1. The molecule has 0 saturated carbocycles. The molecule has 1 fully saturated rings. The van der Waals surface area contributed by atoms with Crippen LogP contribution in [0.25, 0.3) is 0 Å². The second-order valence-corrected chi connectivity index (χ2v) is 5.11. The summed E-state index contributed by atoms with van der Waals surface area (Å²) in [5, 5.41) is 3.02. The number of carbonyl (C=O) groups excluding carboxylic acids is 1. The van der Waals surface area contributed by atoms with Crippen LogP contribution in [0.2, 0.25) is 0 Å². The molecular formula is C15H19N3O2. The van der Waals surface area contributed by atoms with Gasteiger partial charge in [-0.25, -0.2) is 0 Å². The summed E-state index contributed by atoms with van der Waals surface area (Å²) in [6, 6.07) is 4.03. The fraction of sp³-hybridized carbons (Fsp3) is 0.467. The van der Waals surface area contributed by atoms with E-state index in [9.17, 15) is 4.79 Å². The number of aromatic nitrogens is 1. The fourth-order valence-electron chi connectivity index (χ4n) is 2.56. The maximum atomic E-state index is 12.2. The minimum absolute atomic E-state index is 0.0891. The van der Waals surface area contributed by atoms with E-state index >= 15 is 0 Å². The highest BCUT2D eigenvalue weighted by Gasteiger charge is 2.17. The summed E-state index contributed by atoms with van der Waals surface area (Å²) in [7, 11) is 0. The molecule has 2 heterocycles. The summed E-state index contributed by atoms with van der Waals surface area (Å²) in [6.45, 7) is 3.18. The molecule has 0 atom stereocenters. The van der Waals surface area contributed by atoms with Gasteiger partial charge in [-0.1, -0.05) is 12.2 Å². The number of pyridine rings is 1. The van der Waals surface area contributed by atoms with Crippen molar-refractivity contribution in [2.45, 2.75) is 18.9 Å². The molecule has 0 spiro atoms. The van der Waals surface area contributed by atoms with Crippen molar-refractivity contribution in [3.8, 4) is 0 Å². The van der Waals surface area contributed by atoms with Gasteiger partial charge in [-0.3, -0.25) is 9.78 Å². The molecule has 20 heavy (non-hydrogen) atoms. The number of amides is 1. The molecule has 1 aromatic heterocycles. The zero-order valence-electron chi connectivity index (χ0n) is 11.4. The molecule has 1 amide bonds. The van der Waals surface area contributed by atoms with Crippen LogP contribution >= 0.6 is 0 Å². The highest BCUT2D eigenvalue weighted by molar-refractivity contribution is 5.93. The van der Waals surface area contributed by atoms with Crippen molar-refractivity contribution in [1.82, 2.24) is 10.3 Å². The Hall–Kier alpha value is -1.88. The van der Waals surface area contributed by atoms with E-state index in [1.807, 2.05) is 12.1 Å². The first-order valence-electron chi connectivity index (χ1n) is 7.07. The van der Waals surface area contributed by atoms with E-state index in [0.29, 0.717) is 5.69 Å². The van der Waals surface area contributed by atoms with Gasteiger partial charge in [0.25, 0.3) is 5.91 Å². The number of hydrogen-bond donors (Lipinski definition) is 1. The SMILES string of the molecule is O=C(NC1CC=CC1)c1cc(N2CCOCC2)ccn1. The van der Waals surface area contributed by atoms with Crippen molar-refractivity contribution < 1.29 is 9.53 Å². The number of hydrogen-bond acceptors (Lipinski definition) is 4. The number of nitrogens with one attached hydrogen (secondary N) is 1. The van der Waals surface area contributed by atoms with Crippen molar-refractivity contribution in [3.63, 3.8) is 0 Å². The predicted octanol–water partition coefficient (Wildman–Crippen LogP) is 1.37. The smallest absolute Gasteiger partial charge is 0.270 e. The number of anilines is 1. The van der Waals surface area contributed by atoms with E-state index in [4.69, 9.17) is 4.74 Å². The van der Waals surface area contributed by atoms with Gasteiger partial charge in [0.15, 0.2) is 0 Å². The van der Waals surface area contributed by atoms with Gasteiger partial charge in [-0.15, -0.1) is 0 Å². The highest BCUT2D eigenvalue weighted by atomic mass is 16.5. The Bertz CT molecular complexity index is 502. The first-order chi connectivity index (χ1) is 9.83. The Morgan fingerprint density at radius 1 is 1.30 bits per heavy atom. The Balaban J connectivity index is 1.68. The van der Waals surface area contributed by atoms with E-state index in [2.05, 4.69) is 27.4 Å². The molecule has 5 nitrogen and oxygen atoms in total. The van der Waals surface area contributed by atoms with Gasteiger partial charge in [0.2, 0.25) is 0 Å². The summed E-state index contributed by atoms with van der Waals surface area (Å²) in [5.74, 6) is -0.0891. The zero-order chi connectivity index (χ0) is 13.8. The quantitative estimate of drug-likeness (QED) is 0.845. The van der Waals surface area contributed by atoms with Crippen molar-refractivity contribution in [2.24, 2.45) is 0 Å². The molecule has 0 bridgehead atoms. The first kappa shape index (κ1) is 13.1. The second kappa shape index (κ2) is 6.05. The molecule has 1 saturated heterocycles. The van der Waals surface area contributed by atoms with Crippen molar-refractivity contribution in [2.75, 3.05) is 31.2 Å². The van der Waals surface area contributed by atoms with E-state index in [-0.39, 0.29) is 11.9 Å². The third kappa shape index (κ3) is 2.99. The molecule has 3 rings (SSSR count). The third-order valence-corrected chi connectivity index (χ3v) is 3.70. The fourth-order valence-corrected chi connectivity index (χ4v) is 2.56. The Labute approximate surface area is 118 Å². The maximum absolute atomic E-state index is 12.2. The van der Waals surface area contributed by atoms with Crippen LogP contribution < -0.4 is 10.2 Å². The summed E-state index contributed by atoms with van der Waals surface area (Å²) in [6.07, 6.45) is 7.72. The second-order valence-electron chi connectivity index (χ2n) is 5.11. The van der Waals surface area contributed by atoms with Gasteiger partial charge in [-0.05, 0) is 25.0 Å². The first-order valence-corrected chi connectivity index (χ1v) is 7.07. The van der Waals surface area contributed by atoms with E-state index in [1.165, 1.54) is 0 Å². The lowest BCUT2D eigenvalue weighted by atomic mass is 10.2. The van der Waals surface area contributed by atoms with Crippen LogP contribution in [0.3, 0.4) is 0 Å². The van der Waals surface area contributed by atoms with Gasteiger partial charge in [-0.2, -0.15) is 0 Å². The Kier molecular flexibility index (Phi) is 3.97. The van der Waals surface area contributed by atoms with E-state index in [1.54, 1.807) is 6.20 Å². The lowest BCUT2D eigenvalue weighted by Gasteiger charge is -2.28. The van der Waals surface area contributed by atoms with Gasteiger partial charge >= 0.3 is 0 Å². The van der Waals surface area contributed by atoms with Gasteiger partial charge < -0.3 is 15.0 Å². The molecule has 106 valence electrons. The van der Waals surface area contributed by atoms with E-state index in [0.717, 1.165) is 44.8 Å². The summed E-state index contributed by atoms with van der Waals surface area (Å²) < 4.78 is 5.34. The number of ether oxygens (including phenoxy) is 1. The van der Waals surface area contributed by atoms with Crippen LogP contribution in [0.15, 0.2) is 30.5 Å². The monoisotopic (exact) mass is 273 g/mol. The van der Waals surface area contributed by atoms with Crippen molar-refractivity contribution in [1.29, 1.82) is 0 Å². The zero-order valence-corrected chi connectivity index (χ0v) is 11.4. The minimum atomic E-state index is -0.0891. The van der Waals surface area contributed by atoms with Crippen molar-refractivity contribution in [3.05, 3.63) is 36.2 Å². The van der Waals surface area contributed by atoms with E-state index < -0.39 is 0 Å². The largest absolute Gasteiger partial charge is 0.378 e. The molecule has 1 aliphatic heterocycles. The lowest BCUT2D eigenvalue weighted by Crippen LogP contribution is -2.37. The topological polar surface area (TPSA) is 54.5 Å². The standard InChI is InChI=1S/C15H19N3O2/c19-15(17-12-3-1-2-4-12)14-11-13(5-6-16-14)18-7-9-20-10-8-18/h1-2,5-6,11-12H,3-4,7-10H2,(H,17,19). The molecule has 1 aliphatic carbocycles. The molecule has 5 heteroatoms. The van der Waals surface area contributed by atoms with Crippen LogP contribution in [0.1, 0.15) is 23.3 Å². The van der Waals surface area contributed by atoms with Crippen LogP contribution in [-0.2, 0) is 4.74 Å². The predicted molar refractivity (Wildman–Crippen MR) is 76.9 cm³/mol. The van der Waals surface area contributed by atoms with Crippen LogP contribution in [0.5, 0.6) is 0 Å². The van der Waals surface area contributed by atoms with Gasteiger partial charge in [0.05, 0.1) is 13.2 Å². The third-order valence-electron chi connectivity index (χ3n) is 3.70. The minimum Gasteiger partial charge on any atom is -0.378 e. The molecule has 0 radical (unpaired) electrons. The normalized spacial score (nSPS) is 19.3. The average Bonchev–Trinajstić information content (AvgIpc) is 3.01. The summed E-state index contributed by atoms with van der Waals surface area (Å²) >= 11 is 0. The molecule has 0 unspecified atom stereocenters. The molecule has 2 aliphatic rings. The Morgan fingerprint density at radius 2 is 2.05 bits per heavy atom. The summed E-state index contributed by atoms with van der Waals surface area (Å²) in [4.78, 5) is 18.6. The van der Waals surface area contributed by atoms with Crippen LogP contribution in [-0.4, -0.2) is 43.2 Å². The highest BCUT2D eigenvalue weighted by Crippen LogP contribution is 2.17. The Morgan fingerprint density at radius 3 is 2.80 bits per heavy atom. The number of rotatable bonds is 3. The van der Waals surface area contributed by atoms with Crippen molar-refractivity contribution >= 4 is 11.6 Å². The molecular weight excluding hydrogens is 254 g/mol. The number of nitrogens with zero attached hydrogens (tertiary/aromatic N) is 2. The average molecular weight is 273 g/mol. The van der Waals surface area contributed by atoms with Gasteiger partial charge in [0.1, 0.15) is 5.69 Å². The van der Waals surface area contributed by atoms with Crippen LogP contribution in [0.4, 0.5) is 5.69 Å². The summed E-state index contributed by atoms with van der Waals surface area (Å²) in [5.41, 5.74) is 1.53. The van der Waals surface area contributed by atoms with Gasteiger partial charge in [0, 0.05) is 31.0 Å². The molecule has 1 aromatic rings. The van der Waals surface area contributed by atoms with Crippen LogP contribution in [0, 0.1) is 0 Å². The molecule has 1 N–H and O–H groups in total.